The zero-order valence-corrected chi connectivity index (χ0v) is 12.4. The van der Waals surface area contributed by atoms with Gasteiger partial charge in [-0.3, -0.25) is 9.80 Å². The maximum Gasteiger partial charge on any atom is 0.123 e. The fraction of sp³-hybridized carbons (Fsp3) is 0.647. The van der Waals surface area contributed by atoms with Crippen molar-refractivity contribution < 1.29 is 4.39 Å². The first-order valence-corrected chi connectivity index (χ1v) is 7.94. The van der Waals surface area contributed by atoms with Crippen molar-refractivity contribution in [3.63, 3.8) is 0 Å². The van der Waals surface area contributed by atoms with Crippen LogP contribution in [0.15, 0.2) is 18.2 Å². The van der Waals surface area contributed by atoms with E-state index >= 15 is 0 Å². The average molecular weight is 276 g/mol. The second kappa shape index (κ2) is 6.23. The summed E-state index contributed by atoms with van der Waals surface area (Å²) in [7, 11) is 0. The van der Waals surface area contributed by atoms with Crippen molar-refractivity contribution in [2.45, 2.75) is 45.2 Å². The minimum atomic E-state index is -0.126. The Kier molecular flexibility index (Phi) is 4.37. The largest absolute Gasteiger partial charge is 0.299 e. The molecule has 2 fully saturated rings. The number of nitrogens with zero attached hydrogens (tertiary/aromatic N) is 2. The summed E-state index contributed by atoms with van der Waals surface area (Å²) < 4.78 is 13.1. The van der Waals surface area contributed by atoms with Crippen molar-refractivity contribution in [2.24, 2.45) is 0 Å². The van der Waals surface area contributed by atoms with Gasteiger partial charge in [0.1, 0.15) is 5.82 Å². The Balaban J connectivity index is 1.57. The van der Waals surface area contributed by atoms with Gasteiger partial charge in [-0.25, -0.2) is 4.39 Å². The van der Waals surface area contributed by atoms with E-state index in [1.54, 1.807) is 12.1 Å². The fourth-order valence-corrected chi connectivity index (χ4v) is 3.61. The highest BCUT2D eigenvalue weighted by molar-refractivity contribution is 5.26. The quantitative estimate of drug-likeness (QED) is 0.836. The van der Waals surface area contributed by atoms with Gasteiger partial charge in [-0.05, 0) is 62.5 Å². The van der Waals surface area contributed by atoms with Gasteiger partial charge < -0.3 is 0 Å². The third kappa shape index (κ3) is 3.21. The first-order valence-electron chi connectivity index (χ1n) is 7.94. The lowest BCUT2D eigenvalue weighted by atomic mass is 10.1. The molecule has 0 aliphatic carbocycles. The van der Waals surface area contributed by atoms with E-state index in [1.807, 2.05) is 13.0 Å². The van der Waals surface area contributed by atoms with Gasteiger partial charge in [-0.1, -0.05) is 12.5 Å². The Morgan fingerprint density at radius 2 is 1.95 bits per heavy atom. The van der Waals surface area contributed by atoms with Gasteiger partial charge in [0, 0.05) is 25.7 Å². The number of hydrogen-bond acceptors (Lipinski definition) is 2. The summed E-state index contributed by atoms with van der Waals surface area (Å²) in [5.74, 6) is -0.126. The van der Waals surface area contributed by atoms with Crippen molar-refractivity contribution in [2.75, 3.05) is 26.2 Å². The van der Waals surface area contributed by atoms with Gasteiger partial charge in [0.25, 0.3) is 0 Å². The van der Waals surface area contributed by atoms with Gasteiger partial charge in [0.2, 0.25) is 0 Å². The molecule has 0 N–H and O–H groups in total. The standard InChI is InChI=1S/C17H25FN2/c1-14-11-16(18)6-5-15(14)12-19-10-7-17(13-19)20-8-3-2-4-9-20/h5-6,11,17H,2-4,7-10,12-13H2,1H3/t17-/m0/s1. The molecule has 2 saturated heterocycles. The van der Waals surface area contributed by atoms with Gasteiger partial charge in [0.05, 0.1) is 0 Å². The summed E-state index contributed by atoms with van der Waals surface area (Å²) in [6.45, 7) is 7.91. The number of halogens is 1. The Bertz CT molecular complexity index is 454. The second-order valence-corrected chi connectivity index (χ2v) is 6.35. The first kappa shape index (κ1) is 14.0. The molecular formula is C17H25FN2. The molecule has 1 aromatic rings. The summed E-state index contributed by atoms with van der Waals surface area (Å²) in [5.41, 5.74) is 2.34. The Morgan fingerprint density at radius 3 is 2.70 bits per heavy atom. The predicted molar refractivity (Wildman–Crippen MR) is 80.2 cm³/mol. The molecule has 20 heavy (non-hydrogen) atoms. The minimum absolute atomic E-state index is 0.126. The summed E-state index contributed by atoms with van der Waals surface area (Å²) in [4.78, 5) is 5.21. The van der Waals surface area contributed by atoms with E-state index in [0.717, 1.165) is 18.2 Å². The zero-order valence-electron chi connectivity index (χ0n) is 12.4. The Morgan fingerprint density at radius 1 is 1.15 bits per heavy atom. The number of piperidine rings is 1. The van der Waals surface area contributed by atoms with E-state index in [-0.39, 0.29) is 5.82 Å². The fourth-order valence-electron chi connectivity index (χ4n) is 3.61. The molecule has 2 aliphatic heterocycles. The molecule has 0 saturated carbocycles. The number of rotatable bonds is 3. The highest BCUT2D eigenvalue weighted by Gasteiger charge is 2.28. The molecule has 2 aliphatic rings. The lowest BCUT2D eigenvalue weighted by Gasteiger charge is -2.32. The van der Waals surface area contributed by atoms with E-state index < -0.39 is 0 Å². The van der Waals surface area contributed by atoms with Crippen molar-refractivity contribution in [1.82, 2.24) is 9.80 Å². The SMILES string of the molecule is Cc1cc(F)ccc1CN1CC[C@H](N2CCCCC2)C1. The molecule has 0 radical (unpaired) electrons. The van der Waals surface area contributed by atoms with Gasteiger partial charge >= 0.3 is 0 Å². The van der Waals surface area contributed by atoms with Crippen LogP contribution in [0.5, 0.6) is 0 Å². The highest BCUT2D eigenvalue weighted by Crippen LogP contribution is 2.22. The van der Waals surface area contributed by atoms with Gasteiger partial charge in [0.15, 0.2) is 0 Å². The van der Waals surface area contributed by atoms with Crippen LogP contribution in [0.1, 0.15) is 36.8 Å². The smallest absolute Gasteiger partial charge is 0.123 e. The summed E-state index contributed by atoms with van der Waals surface area (Å²) in [6.07, 6.45) is 5.43. The molecule has 0 bridgehead atoms. The summed E-state index contributed by atoms with van der Waals surface area (Å²) in [5, 5.41) is 0. The average Bonchev–Trinajstić information content (AvgIpc) is 2.92. The number of aryl methyl sites for hydroxylation is 1. The van der Waals surface area contributed by atoms with Crippen molar-refractivity contribution in [3.8, 4) is 0 Å². The van der Waals surface area contributed by atoms with Gasteiger partial charge in [-0.2, -0.15) is 0 Å². The third-order valence-electron chi connectivity index (χ3n) is 4.85. The highest BCUT2D eigenvalue weighted by atomic mass is 19.1. The second-order valence-electron chi connectivity index (χ2n) is 6.35. The van der Waals surface area contributed by atoms with Gasteiger partial charge in [-0.15, -0.1) is 0 Å². The van der Waals surface area contributed by atoms with Crippen LogP contribution in [-0.2, 0) is 6.54 Å². The van der Waals surface area contributed by atoms with Crippen LogP contribution in [0.4, 0.5) is 4.39 Å². The van der Waals surface area contributed by atoms with Crippen molar-refractivity contribution in [1.29, 1.82) is 0 Å². The topological polar surface area (TPSA) is 6.48 Å². The molecule has 0 aromatic heterocycles. The number of benzene rings is 1. The first-order chi connectivity index (χ1) is 9.72. The van der Waals surface area contributed by atoms with Crippen LogP contribution in [0, 0.1) is 12.7 Å². The molecule has 2 nitrogen and oxygen atoms in total. The summed E-state index contributed by atoms with van der Waals surface area (Å²) >= 11 is 0. The molecule has 0 spiro atoms. The molecule has 0 unspecified atom stereocenters. The van der Waals surface area contributed by atoms with Crippen molar-refractivity contribution in [3.05, 3.63) is 35.1 Å². The van der Waals surface area contributed by atoms with E-state index in [9.17, 15) is 4.39 Å². The number of hydrogen-bond donors (Lipinski definition) is 0. The Hall–Kier alpha value is -0.930. The van der Waals surface area contributed by atoms with Crippen LogP contribution in [0.25, 0.3) is 0 Å². The lowest BCUT2D eigenvalue weighted by molar-refractivity contribution is 0.161. The predicted octanol–water partition coefficient (Wildman–Crippen LogP) is 3.19. The van der Waals surface area contributed by atoms with Crippen LogP contribution in [0.3, 0.4) is 0 Å². The maximum absolute atomic E-state index is 13.1. The molecular weight excluding hydrogens is 251 g/mol. The van der Waals surface area contributed by atoms with E-state index in [2.05, 4.69) is 9.80 Å². The molecule has 0 amide bonds. The molecule has 3 rings (SSSR count). The minimum Gasteiger partial charge on any atom is -0.299 e. The molecule has 110 valence electrons. The normalized spacial score (nSPS) is 25.2. The zero-order chi connectivity index (χ0) is 13.9. The molecule has 2 heterocycles. The number of likely N-dealkylation sites (tertiary alicyclic amines) is 2. The van der Waals surface area contributed by atoms with E-state index in [1.165, 1.54) is 57.4 Å². The Labute approximate surface area is 121 Å². The third-order valence-corrected chi connectivity index (χ3v) is 4.85. The maximum atomic E-state index is 13.1. The van der Waals surface area contributed by atoms with Crippen molar-refractivity contribution >= 4 is 0 Å². The molecule has 3 heteroatoms. The van der Waals surface area contributed by atoms with Crippen LogP contribution < -0.4 is 0 Å². The van der Waals surface area contributed by atoms with E-state index in [4.69, 9.17) is 0 Å². The van der Waals surface area contributed by atoms with Crippen LogP contribution in [-0.4, -0.2) is 42.0 Å². The monoisotopic (exact) mass is 276 g/mol. The summed E-state index contributed by atoms with van der Waals surface area (Å²) in [6, 6.07) is 5.92. The molecule has 1 aromatic carbocycles. The van der Waals surface area contributed by atoms with Crippen LogP contribution >= 0.6 is 0 Å². The lowest BCUT2D eigenvalue weighted by Crippen LogP contribution is -2.40. The van der Waals surface area contributed by atoms with Crippen LogP contribution in [0.2, 0.25) is 0 Å². The van der Waals surface area contributed by atoms with E-state index in [0.29, 0.717) is 0 Å². The molecule has 1 atom stereocenters.